The van der Waals surface area contributed by atoms with Crippen LogP contribution in [0.1, 0.15) is 43.2 Å². The van der Waals surface area contributed by atoms with Crippen molar-refractivity contribution >= 4 is 11.6 Å². The number of piperidine rings is 2. The van der Waals surface area contributed by atoms with E-state index >= 15 is 0 Å². The van der Waals surface area contributed by atoms with Crippen LogP contribution < -0.4 is 5.32 Å². The normalized spacial score (nSPS) is 22.8. The highest BCUT2D eigenvalue weighted by Crippen LogP contribution is 2.23. The highest BCUT2D eigenvalue weighted by molar-refractivity contribution is 5.76. The first-order chi connectivity index (χ1) is 12.0. The Labute approximate surface area is 152 Å². The summed E-state index contributed by atoms with van der Waals surface area (Å²) in [6.45, 7) is 8.33. The first kappa shape index (κ1) is 18.2. The molecule has 3 rings (SSSR count). The summed E-state index contributed by atoms with van der Waals surface area (Å²) in [6, 6.07) is 6.91. The molecule has 0 radical (unpaired) electrons. The minimum Gasteiger partial charge on any atom is -0.381 e. The van der Waals surface area contributed by atoms with Gasteiger partial charge in [0.05, 0.1) is 0 Å². The molecular weight excluding hydrogens is 310 g/mol. The number of benzene rings is 1. The lowest BCUT2D eigenvalue weighted by atomic mass is 9.92. The second-order valence-corrected chi connectivity index (χ2v) is 8.07. The van der Waals surface area contributed by atoms with Crippen molar-refractivity contribution in [1.82, 2.24) is 9.80 Å². The molecule has 0 spiro atoms. The summed E-state index contributed by atoms with van der Waals surface area (Å²) in [5, 5.41) is 3.64. The molecule has 2 saturated heterocycles. The Hall–Kier alpha value is -1.55. The molecule has 138 valence electrons. The van der Waals surface area contributed by atoms with Crippen molar-refractivity contribution < 1.29 is 4.79 Å². The summed E-state index contributed by atoms with van der Waals surface area (Å²) in [7, 11) is 2.17. The van der Waals surface area contributed by atoms with Gasteiger partial charge in [-0.2, -0.15) is 0 Å². The van der Waals surface area contributed by atoms with E-state index in [1.807, 2.05) is 0 Å². The molecule has 2 aliphatic heterocycles. The zero-order valence-corrected chi connectivity index (χ0v) is 16.1. The van der Waals surface area contributed by atoms with Gasteiger partial charge in [-0.1, -0.05) is 6.07 Å². The molecule has 2 aliphatic rings. The van der Waals surface area contributed by atoms with Crippen LogP contribution >= 0.6 is 0 Å². The van der Waals surface area contributed by atoms with Crippen LogP contribution in [0.5, 0.6) is 0 Å². The second-order valence-electron chi connectivity index (χ2n) is 8.07. The average molecular weight is 344 g/mol. The summed E-state index contributed by atoms with van der Waals surface area (Å²) < 4.78 is 0. The Bertz CT molecular complexity index is 593. The van der Waals surface area contributed by atoms with Crippen LogP contribution in [-0.4, -0.2) is 55.0 Å². The van der Waals surface area contributed by atoms with Gasteiger partial charge in [0.15, 0.2) is 0 Å². The molecule has 4 nitrogen and oxygen atoms in total. The van der Waals surface area contributed by atoms with Crippen LogP contribution in [0.2, 0.25) is 0 Å². The van der Waals surface area contributed by atoms with Gasteiger partial charge >= 0.3 is 0 Å². The number of amides is 1. The van der Waals surface area contributed by atoms with Gasteiger partial charge in [-0.3, -0.25) is 4.79 Å². The van der Waals surface area contributed by atoms with Crippen LogP contribution in [0.25, 0.3) is 0 Å². The number of rotatable bonds is 4. The highest BCUT2D eigenvalue weighted by atomic mass is 16.2. The standard InChI is InChI=1S/C21H33N3O/c1-16-6-7-19(13-17(16)2)22-20-5-4-10-24(15-20)21(25)14-18-8-11-23(3)12-9-18/h6-7,13,18,20,22H,4-5,8-12,14-15H2,1-3H3. The maximum Gasteiger partial charge on any atom is 0.222 e. The van der Waals surface area contributed by atoms with Gasteiger partial charge in [-0.25, -0.2) is 0 Å². The Morgan fingerprint density at radius 1 is 1.12 bits per heavy atom. The molecule has 2 fully saturated rings. The zero-order valence-electron chi connectivity index (χ0n) is 16.1. The quantitative estimate of drug-likeness (QED) is 0.910. The van der Waals surface area contributed by atoms with E-state index in [0.717, 1.165) is 45.4 Å². The SMILES string of the molecule is Cc1ccc(NC2CCCN(C(=O)CC3CCN(C)CC3)C2)cc1C. The maximum absolute atomic E-state index is 12.7. The monoisotopic (exact) mass is 343 g/mol. The smallest absolute Gasteiger partial charge is 0.222 e. The van der Waals surface area contributed by atoms with Crippen LogP contribution in [0, 0.1) is 19.8 Å². The Morgan fingerprint density at radius 3 is 2.60 bits per heavy atom. The van der Waals surface area contributed by atoms with Crippen molar-refractivity contribution in [2.75, 3.05) is 38.5 Å². The molecule has 25 heavy (non-hydrogen) atoms. The van der Waals surface area contributed by atoms with E-state index in [0.29, 0.717) is 17.9 Å². The summed E-state index contributed by atoms with van der Waals surface area (Å²) in [5.41, 5.74) is 3.82. The highest BCUT2D eigenvalue weighted by Gasteiger charge is 2.26. The number of anilines is 1. The van der Waals surface area contributed by atoms with Crippen molar-refractivity contribution in [3.63, 3.8) is 0 Å². The Morgan fingerprint density at radius 2 is 1.88 bits per heavy atom. The molecule has 0 saturated carbocycles. The molecule has 1 aromatic carbocycles. The van der Waals surface area contributed by atoms with E-state index in [-0.39, 0.29) is 0 Å². The molecule has 0 aliphatic carbocycles. The number of hydrogen-bond donors (Lipinski definition) is 1. The van der Waals surface area contributed by atoms with Crippen molar-refractivity contribution in [1.29, 1.82) is 0 Å². The number of nitrogens with one attached hydrogen (secondary N) is 1. The molecule has 2 heterocycles. The number of carbonyl (C=O) groups is 1. The fourth-order valence-electron chi connectivity index (χ4n) is 4.03. The van der Waals surface area contributed by atoms with Crippen LogP contribution in [0.15, 0.2) is 18.2 Å². The predicted octanol–water partition coefficient (Wildman–Crippen LogP) is 3.44. The van der Waals surface area contributed by atoms with Gasteiger partial charge in [-0.15, -0.1) is 0 Å². The van der Waals surface area contributed by atoms with Crippen LogP contribution in [0.3, 0.4) is 0 Å². The van der Waals surface area contributed by atoms with E-state index in [2.05, 4.69) is 54.2 Å². The lowest BCUT2D eigenvalue weighted by Crippen LogP contribution is -2.46. The first-order valence-corrected chi connectivity index (χ1v) is 9.81. The minimum absolute atomic E-state index is 0.362. The average Bonchev–Trinajstić information content (AvgIpc) is 2.60. The van der Waals surface area contributed by atoms with Gasteiger partial charge in [0.2, 0.25) is 5.91 Å². The van der Waals surface area contributed by atoms with Gasteiger partial charge in [0, 0.05) is 31.2 Å². The molecule has 1 unspecified atom stereocenters. The number of nitrogens with zero attached hydrogens (tertiary/aromatic N) is 2. The lowest BCUT2D eigenvalue weighted by Gasteiger charge is -2.35. The van der Waals surface area contributed by atoms with Crippen LogP contribution in [-0.2, 0) is 4.79 Å². The van der Waals surface area contributed by atoms with E-state index in [1.165, 1.54) is 29.7 Å². The fraction of sp³-hybridized carbons (Fsp3) is 0.667. The van der Waals surface area contributed by atoms with Gasteiger partial charge in [-0.05, 0) is 88.8 Å². The summed E-state index contributed by atoms with van der Waals surface area (Å²) in [4.78, 5) is 17.2. The third-order valence-corrected chi connectivity index (χ3v) is 5.95. The van der Waals surface area contributed by atoms with Crippen molar-refractivity contribution in [2.45, 2.75) is 52.0 Å². The molecule has 1 N–H and O–H groups in total. The number of carbonyl (C=O) groups excluding carboxylic acids is 1. The summed E-state index contributed by atoms with van der Waals surface area (Å²) in [6.07, 6.45) is 5.32. The first-order valence-electron chi connectivity index (χ1n) is 9.81. The predicted molar refractivity (Wildman–Crippen MR) is 104 cm³/mol. The van der Waals surface area contributed by atoms with Crippen molar-refractivity contribution in [3.05, 3.63) is 29.3 Å². The molecule has 0 bridgehead atoms. The summed E-state index contributed by atoms with van der Waals surface area (Å²) in [5.74, 6) is 0.943. The van der Waals surface area contributed by atoms with E-state index in [9.17, 15) is 4.79 Å². The van der Waals surface area contributed by atoms with E-state index in [1.54, 1.807) is 0 Å². The maximum atomic E-state index is 12.7. The van der Waals surface area contributed by atoms with Gasteiger partial charge in [0.1, 0.15) is 0 Å². The minimum atomic E-state index is 0.362. The van der Waals surface area contributed by atoms with E-state index < -0.39 is 0 Å². The molecule has 1 aromatic rings. The van der Waals surface area contributed by atoms with Gasteiger partial charge < -0.3 is 15.1 Å². The molecule has 0 aromatic heterocycles. The van der Waals surface area contributed by atoms with Gasteiger partial charge in [0.25, 0.3) is 0 Å². The number of hydrogen-bond acceptors (Lipinski definition) is 3. The molecular formula is C21H33N3O. The third-order valence-electron chi connectivity index (χ3n) is 5.95. The zero-order chi connectivity index (χ0) is 17.8. The topological polar surface area (TPSA) is 35.6 Å². The second kappa shape index (κ2) is 8.22. The molecule has 1 atom stereocenters. The van der Waals surface area contributed by atoms with E-state index in [4.69, 9.17) is 0 Å². The Balaban J connectivity index is 1.51. The fourth-order valence-corrected chi connectivity index (χ4v) is 4.03. The summed E-state index contributed by atoms with van der Waals surface area (Å²) >= 11 is 0. The lowest BCUT2D eigenvalue weighted by molar-refractivity contribution is -0.133. The number of aryl methyl sites for hydroxylation is 2. The third kappa shape index (κ3) is 4.97. The largest absolute Gasteiger partial charge is 0.381 e. The van der Waals surface area contributed by atoms with Crippen LogP contribution in [0.4, 0.5) is 5.69 Å². The van der Waals surface area contributed by atoms with Crippen molar-refractivity contribution in [2.24, 2.45) is 5.92 Å². The molecule has 4 heteroatoms. The molecule has 1 amide bonds. The number of likely N-dealkylation sites (tertiary alicyclic amines) is 2. The Kier molecular flexibility index (Phi) is 6.00. The van der Waals surface area contributed by atoms with Crippen molar-refractivity contribution in [3.8, 4) is 0 Å².